The minimum atomic E-state index is -0.294. The van der Waals surface area contributed by atoms with Crippen LogP contribution in [0.15, 0.2) is 18.2 Å². The second-order valence-electron chi connectivity index (χ2n) is 2.31. The van der Waals surface area contributed by atoms with Crippen LogP contribution in [-0.4, -0.2) is 12.2 Å². The van der Waals surface area contributed by atoms with Gasteiger partial charge in [-0.15, -0.1) is 0 Å². The maximum atomic E-state index is 12.8. The van der Waals surface area contributed by atoms with Gasteiger partial charge in [-0.05, 0) is 25.2 Å². The van der Waals surface area contributed by atoms with E-state index < -0.39 is 0 Å². The lowest BCUT2D eigenvalue weighted by Gasteiger charge is -2.01. The standard InChI is InChI=1S/C8H10FNO/c1-10-5-6-4-7(11)2-3-8(6)9/h2-4,10-11H,5H2,1H3. The van der Waals surface area contributed by atoms with Crippen LogP contribution in [0.1, 0.15) is 5.56 Å². The van der Waals surface area contributed by atoms with E-state index in [4.69, 9.17) is 5.11 Å². The Hall–Kier alpha value is -1.09. The number of hydrogen-bond acceptors (Lipinski definition) is 2. The van der Waals surface area contributed by atoms with Crippen molar-refractivity contribution in [3.05, 3.63) is 29.6 Å². The summed E-state index contributed by atoms with van der Waals surface area (Å²) >= 11 is 0. The highest BCUT2D eigenvalue weighted by molar-refractivity contribution is 5.28. The van der Waals surface area contributed by atoms with E-state index in [1.807, 2.05) is 0 Å². The molecule has 2 nitrogen and oxygen atoms in total. The van der Waals surface area contributed by atoms with Gasteiger partial charge in [0.25, 0.3) is 0 Å². The van der Waals surface area contributed by atoms with Crippen molar-refractivity contribution >= 4 is 0 Å². The van der Waals surface area contributed by atoms with Crippen molar-refractivity contribution in [1.82, 2.24) is 5.32 Å². The van der Waals surface area contributed by atoms with Crippen molar-refractivity contribution in [3.63, 3.8) is 0 Å². The zero-order valence-corrected chi connectivity index (χ0v) is 6.26. The normalized spacial score (nSPS) is 10.0. The number of aromatic hydroxyl groups is 1. The highest BCUT2D eigenvalue weighted by Crippen LogP contribution is 2.14. The second kappa shape index (κ2) is 3.34. The first-order chi connectivity index (χ1) is 5.24. The summed E-state index contributed by atoms with van der Waals surface area (Å²) < 4.78 is 12.8. The molecule has 11 heavy (non-hydrogen) atoms. The van der Waals surface area contributed by atoms with E-state index in [2.05, 4.69) is 5.32 Å². The van der Waals surface area contributed by atoms with E-state index in [1.165, 1.54) is 18.2 Å². The first-order valence-electron chi connectivity index (χ1n) is 3.36. The monoisotopic (exact) mass is 155 g/mol. The lowest BCUT2D eigenvalue weighted by Crippen LogP contribution is -2.06. The third-order valence-electron chi connectivity index (χ3n) is 1.40. The molecule has 0 saturated heterocycles. The second-order valence-corrected chi connectivity index (χ2v) is 2.31. The fourth-order valence-corrected chi connectivity index (χ4v) is 0.887. The molecule has 0 radical (unpaired) electrons. The SMILES string of the molecule is CNCc1cc(O)ccc1F. The molecule has 0 aromatic heterocycles. The van der Waals surface area contributed by atoms with E-state index in [-0.39, 0.29) is 11.6 Å². The van der Waals surface area contributed by atoms with Gasteiger partial charge in [-0.1, -0.05) is 0 Å². The zero-order valence-electron chi connectivity index (χ0n) is 6.26. The largest absolute Gasteiger partial charge is 0.508 e. The topological polar surface area (TPSA) is 32.3 Å². The predicted molar refractivity (Wildman–Crippen MR) is 40.8 cm³/mol. The van der Waals surface area contributed by atoms with Crippen molar-refractivity contribution in [2.45, 2.75) is 6.54 Å². The molecule has 0 atom stereocenters. The van der Waals surface area contributed by atoms with Gasteiger partial charge >= 0.3 is 0 Å². The molecule has 0 saturated carbocycles. The van der Waals surface area contributed by atoms with Crippen molar-refractivity contribution in [2.24, 2.45) is 0 Å². The molecule has 1 rings (SSSR count). The smallest absolute Gasteiger partial charge is 0.127 e. The summed E-state index contributed by atoms with van der Waals surface area (Å²) in [7, 11) is 1.73. The Balaban J connectivity index is 2.93. The number of benzene rings is 1. The molecule has 0 amide bonds. The van der Waals surface area contributed by atoms with Crippen LogP contribution in [-0.2, 0) is 6.54 Å². The van der Waals surface area contributed by atoms with E-state index in [0.717, 1.165) is 0 Å². The fourth-order valence-electron chi connectivity index (χ4n) is 0.887. The van der Waals surface area contributed by atoms with Crippen LogP contribution in [0.4, 0.5) is 4.39 Å². The molecule has 0 aliphatic heterocycles. The summed E-state index contributed by atoms with van der Waals surface area (Å²) in [6.45, 7) is 0.431. The molecular weight excluding hydrogens is 145 g/mol. The van der Waals surface area contributed by atoms with Gasteiger partial charge in [-0.2, -0.15) is 0 Å². The van der Waals surface area contributed by atoms with Crippen LogP contribution in [0.5, 0.6) is 5.75 Å². The number of rotatable bonds is 2. The van der Waals surface area contributed by atoms with Gasteiger partial charge in [-0.3, -0.25) is 0 Å². The Labute approximate surface area is 64.7 Å². The van der Waals surface area contributed by atoms with E-state index in [0.29, 0.717) is 12.1 Å². The number of phenolic OH excluding ortho intramolecular Hbond substituents is 1. The number of phenols is 1. The van der Waals surface area contributed by atoms with Gasteiger partial charge in [0.2, 0.25) is 0 Å². The van der Waals surface area contributed by atoms with Crippen molar-refractivity contribution in [3.8, 4) is 5.75 Å². The van der Waals surface area contributed by atoms with Crippen LogP contribution >= 0.6 is 0 Å². The van der Waals surface area contributed by atoms with Gasteiger partial charge in [-0.25, -0.2) is 4.39 Å². The van der Waals surface area contributed by atoms with Gasteiger partial charge in [0.15, 0.2) is 0 Å². The molecule has 60 valence electrons. The fraction of sp³-hybridized carbons (Fsp3) is 0.250. The van der Waals surface area contributed by atoms with Crippen LogP contribution in [0.3, 0.4) is 0 Å². The van der Waals surface area contributed by atoms with Crippen molar-refractivity contribution in [1.29, 1.82) is 0 Å². The zero-order chi connectivity index (χ0) is 8.27. The molecule has 0 aliphatic carbocycles. The molecule has 0 fully saturated rings. The van der Waals surface area contributed by atoms with Gasteiger partial charge in [0.05, 0.1) is 0 Å². The molecule has 0 spiro atoms. The van der Waals surface area contributed by atoms with Gasteiger partial charge in [0.1, 0.15) is 11.6 Å². The van der Waals surface area contributed by atoms with Crippen LogP contribution in [0.2, 0.25) is 0 Å². The minimum absolute atomic E-state index is 0.0941. The Morgan fingerprint density at radius 2 is 2.27 bits per heavy atom. The van der Waals surface area contributed by atoms with Gasteiger partial charge < -0.3 is 10.4 Å². The summed E-state index contributed by atoms with van der Waals surface area (Å²) in [5, 5.41) is 11.8. The predicted octanol–water partition coefficient (Wildman–Crippen LogP) is 1.25. The Bertz CT molecular complexity index is 250. The number of nitrogens with one attached hydrogen (secondary N) is 1. The summed E-state index contributed by atoms with van der Waals surface area (Å²) in [4.78, 5) is 0. The van der Waals surface area contributed by atoms with Crippen LogP contribution in [0.25, 0.3) is 0 Å². The van der Waals surface area contributed by atoms with Crippen molar-refractivity contribution < 1.29 is 9.50 Å². The molecule has 1 aromatic carbocycles. The highest BCUT2D eigenvalue weighted by Gasteiger charge is 2.00. The van der Waals surface area contributed by atoms with E-state index >= 15 is 0 Å². The molecule has 0 aliphatic rings. The Kier molecular flexibility index (Phi) is 2.44. The quantitative estimate of drug-likeness (QED) is 0.673. The van der Waals surface area contributed by atoms with Crippen LogP contribution < -0.4 is 5.32 Å². The summed E-state index contributed by atoms with van der Waals surface area (Å²) in [5.41, 5.74) is 0.479. The number of hydrogen-bond donors (Lipinski definition) is 2. The summed E-state index contributed by atoms with van der Waals surface area (Å²) in [6.07, 6.45) is 0. The number of halogens is 1. The lowest BCUT2D eigenvalue weighted by molar-refractivity contribution is 0.471. The molecule has 0 heterocycles. The Morgan fingerprint density at radius 3 is 2.91 bits per heavy atom. The Morgan fingerprint density at radius 1 is 1.55 bits per heavy atom. The minimum Gasteiger partial charge on any atom is -0.508 e. The average molecular weight is 155 g/mol. The van der Waals surface area contributed by atoms with Gasteiger partial charge in [0, 0.05) is 12.1 Å². The van der Waals surface area contributed by atoms with Crippen LogP contribution in [0, 0.1) is 5.82 Å². The molecular formula is C8H10FNO. The summed E-state index contributed by atoms with van der Waals surface area (Å²) in [5.74, 6) is -0.200. The van der Waals surface area contributed by atoms with Crippen molar-refractivity contribution in [2.75, 3.05) is 7.05 Å². The first-order valence-corrected chi connectivity index (χ1v) is 3.36. The maximum absolute atomic E-state index is 12.8. The lowest BCUT2D eigenvalue weighted by atomic mass is 10.2. The third kappa shape index (κ3) is 1.91. The third-order valence-corrected chi connectivity index (χ3v) is 1.40. The molecule has 2 N–H and O–H groups in total. The molecule has 0 bridgehead atoms. The summed E-state index contributed by atoms with van der Waals surface area (Å²) in [6, 6.07) is 3.99. The average Bonchev–Trinajstić information content (AvgIpc) is 1.98. The van der Waals surface area contributed by atoms with E-state index in [9.17, 15) is 4.39 Å². The van der Waals surface area contributed by atoms with E-state index in [1.54, 1.807) is 7.05 Å². The maximum Gasteiger partial charge on any atom is 0.127 e. The molecule has 0 unspecified atom stereocenters. The highest BCUT2D eigenvalue weighted by atomic mass is 19.1. The molecule has 3 heteroatoms. The molecule has 1 aromatic rings. The first kappa shape index (κ1) is 8.01.